The molecule has 0 saturated heterocycles. The van der Waals surface area contributed by atoms with Crippen LogP contribution in [0.1, 0.15) is 37.3 Å². The summed E-state index contributed by atoms with van der Waals surface area (Å²) in [6, 6.07) is 5.81. The highest BCUT2D eigenvalue weighted by molar-refractivity contribution is 6.42. The first-order valence-electron chi connectivity index (χ1n) is 6.60. The second kappa shape index (κ2) is 5.98. The number of nitrogens with two attached hydrogens (primary N) is 1. The molecule has 2 rings (SSSR count). The molecular weight excluding hydrogens is 281 g/mol. The third-order valence-corrected chi connectivity index (χ3v) is 5.08. The molecule has 1 aromatic carbocycles. The summed E-state index contributed by atoms with van der Waals surface area (Å²) in [5, 5.41) is 1.15. The highest BCUT2D eigenvalue weighted by Gasteiger charge is 2.43. The van der Waals surface area contributed by atoms with Crippen LogP contribution in [-0.2, 0) is 0 Å². The minimum Gasteiger partial charge on any atom is -0.302 e. The van der Waals surface area contributed by atoms with Gasteiger partial charge in [-0.3, -0.25) is 11.3 Å². The van der Waals surface area contributed by atoms with Crippen molar-refractivity contribution in [1.29, 1.82) is 0 Å². The fraction of sp³-hybridized carbons (Fsp3) is 0.571. The van der Waals surface area contributed by atoms with Gasteiger partial charge < -0.3 is 4.90 Å². The van der Waals surface area contributed by atoms with Crippen molar-refractivity contribution in [1.82, 2.24) is 10.3 Å². The van der Waals surface area contributed by atoms with Gasteiger partial charge in [0, 0.05) is 5.54 Å². The van der Waals surface area contributed by atoms with Crippen LogP contribution in [0.3, 0.4) is 0 Å². The van der Waals surface area contributed by atoms with Crippen molar-refractivity contribution in [3.8, 4) is 0 Å². The Morgan fingerprint density at radius 2 is 1.84 bits per heavy atom. The average Bonchev–Trinajstić information content (AvgIpc) is 2.85. The van der Waals surface area contributed by atoms with E-state index in [-0.39, 0.29) is 11.6 Å². The summed E-state index contributed by atoms with van der Waals surface area (Å²) in [6.07, 6.45) is 4.74. The number of nitrogens with zero attached hydrogens (tertiary/aromatic N) is 1. The highest BCUT2D eigenvalue weighted by Crippen LogP contribution is 2.43. The number of hydrogen-bond donors (Lipinski definition) is 2. The summed E-state index contributed by atoms with van der Waals surface area (Å²) in [5.41, 5.74) is 4.12. The molecule has 0 amide bonds. The second-order valence-corrected chi connectivity index (χ2v) is 6.29. The van der Waals surface area contributed by atoms with Crippen LogP contribution in [0.5, 0.6) is 0 Å². The van der Waals surface area contributed by atoms with Crippen LogP contribution >= 0.6 is 23.2 Å². The Bertz CT molecular complexity index is 442. The summed E-state index contributed by atoms with van der Waals surface area (Å²) in [4.78, 5) is 2.28. The highest BCUT2D eigenvalue weighted by atomic mass is 35.5. The first-order valence-corrected chi connectivity index (χ1v) is 7.35. The Kier molecular flexibility index (Phi) is 4.75. The topological polar surface area (TPSA) is 41.3 Å². The van der Waals surface area contributed by atoms with Gasteiger partial charge in [0.15, 0.2) is 0 Å². The summed E-state index contributed by atoms with van der Waals surface area (Å²) in [5.74, 6) is 5.84. The van der Waals surface area contributed by atoms with Gasteiger partial charge in [-0.1, -0.05) is 42.1 Å². The number of halogens is 2. The quantitative estimate of drug-likeness (QED) is 0.662. The maximum atomic E-state index is 6.13. The third-order valence-electron chi connectivity index (χ3n) is 4.34. The maximum absolute atomic E-state index is 6.13. The summed E-state index contributed by atoms with van der Waals surface area (Å²) >= 11 is 12.1. The smallest absolute Gasteiger partial charge is 0.0644 e. The molecule has 1 saturated carbocycles. The molecule has 0 spiro atoms. The van der Waals surface area contributed by atoms with Crippen LogP contribution in [0.4, 0.5) is 0 Å². The minimum atomic E-state index is 0.0475. The van der Waals surface area contributed by atoms with Crippen LogP contribution in [0.2, 0.25) is 10.0 Å². The SMILES string of the molecule is CN(C)C1(C(NN)c2ccc(Cl)c(Cl)c2)CCCC1. The van der Waals surface area contributed by atoms with Crippen molar-refractivity contribution in [2.24, 2.45) is 5.84 Å². The van der Waals surface area contributed by atoms with Gasteiger partial charge >= 0.3 is 0 Å². The van der Waals surface area contributed by atoms with E-state index in [2.05, 4.69) is 24.4 Å². The van der Waals surface area contributed by atoms with Gasteiger partial charge in [0.25, 0.3) is 0 Å². The monoisotopic (exact) mass is 301 g/mol. The minimum absolute atomic E-state index is 0.0475. The van der Waals surface area contributed by atoms with Gasteiger partial charge in [0.05, 0.1) is 16.1 Å². The molecule has 3 nitrogen and oxygen atoms in total. The van der Waals surface area contributed by atoms with Crippen LogP contribution in [0.25, 0.3) is 0 Å². The summed E-state index contributed by atoms with van der Waals surface area (Å²) in [7, 11) is 4.24. The normalized spacial score (nSPS) is 19.9. The largest absolute Gasteiger partial charge is 0.302 e. The van der Waals surface area contributed by atoms with Gasteiger partial charge in [-0.05, 0) is 44.6 Å². The van der Waals surface area contributed by atoms with E-state index in [1.165, 1.54) is 12.8 Å². The van der Waals surface area contributed by atoms with Crippen LogP contribution in [0.15, 0.2) is 18.2 Å². The molecule has 1 fully saturated rings. The molecule has 106 valence electrons. The van der Waals surface area contributed by atoms with Crippen LogP contribution < -0.4 is 11.3 Å². The molecule has 0 aromatic heterocycles. The summed E-state index contributed by atoms with van der Waals surface area (Å²) < 4.78 is 0. The standard InChI is InChI=1S/C14H21Cl2N3/c1-19(2)14(7-3-4-8-14)13(18-17)10-5-6-11(15)12(16)9-10/h5-6,9,13,18H,3-4,7-8,17H2,1-2H3. The van der Waals surface area contributed by atoms with E-state index >= 15 is 0 Å². The predicted octanol–water partition coefficient (Wildman–Crippen LogP) is 3.37. The molecule has 3 N–H and O–H groups in total. The van der Waals surface area contributed by atoms with Gasteiger partial charge in [0.1, 0.15) is 0 Å². The molecular formula is C14H21Cl2N3. The molecule has 0 aliphatic heterocycles. The van der Waals surface area contributed by atoms with E-state index in [0.717, 1.165) is 18.4 Å². The molecule has 0 bridgehead atoms. The zero-order valence-corrected chi connectivity index (χ0v) is 12.9. The zero-order valence-electron chi connectivity index (χ0n) is 11.4. The van der Waals surface area contributed by atoms with Gasteiger partial charge in [-0.25, -0.2) is 0 Å². The van der Waals surface area contributed by atoms with Gasteiger partial charge in [0.2, 0.25) is 0 Å². The number of nitrogens with one attached hydrogen (secondary N) is 1. The molecule has 1 aliphatic carbocycles. The average molecular weight is 302 g/mol. The molecule has 1 atom stereocenters. The lowest BCUT2D eigenvalue weighted by molar-refractivity contribution is 0.105. The Hall–Kier alpha value is -0.320. The predicted molar refractivity (Wildman–Crippen MR) is 81.4 cm³/mol. The van der Waals surface area contributed by atoms with E-state index in [0.29, 0.717) is 10.0 Å². The summed E-state index contributed by atoms with van der Waals surface area (Å²) in [6.45, 7) is 0. The van der Waals surface area contributed by atoms with Crippen molar-refractivity contribution in [3.63, 3.8) is 0 Å². The third kappa shape index (κ3) is 2.76. The van der Waals surface area contributed by atoms with Crippen molar-refractivity contribution >= 4 is 23.2 Å². The molecule has 0 heterocycles. The van der Waals surface area contributed by atoms with Crippen LogP contribution in [-0.4, -0.2) is 24.5 Å². The lowest BCUT2D eigenvalue weighted by atomic mass is 9.83. The number of rotatable bonds is 4. The van der Waals surface area contributed by atoms with Crippen molar-refractivity contribution in [3.05, 3.63) is 33.8 Å². The van der Waals surface area contributed by atoms with E-state index in [9.17, 15) is 0 Å². The first kappa shape index (κ1) is 15.1. The van der Waals surface area contributed by atoms with E-state index in [1.807, 2.05) is 18.2 Å². The first-order chi connectivity index (χ1) is 9.01. The van der Waals surface area contributed by atoms with Crippen molar-refractivity contribution < 1.29 is 0 Å². The number of likely N-dealkylation sites (N-methyl/N-ethyl adjacent to an activating group) is 1. The van der Waals surface area contributed by atoms with E-state index < -0.39 is 0 Å². The molecule has 1 unspecified atom stereocenters. The Balaban J connectivity index is 2.40. The second-order valence-electron chi connectivity index (χ2n) is 5.48. The number of benzene rings is 1. The Labute approximate surface area is 125 Å². The van der Waals surface area contributed by atoms with E-state index in [4.69, 9.17) is 29.0 Å². The molecule has 19 heavy (non-hydrogen) atoms. The maximum Gasteiger partial charge on any atom is 0.0644 e. The lowest BCUT2D eigenvalue weighted by Crippen LogP contribution is -2.53. The van der Waals surface area contributed by atoms with E-state index in [1.54, 1.807) is 0 Å². The Morgan fingerprint density at radius 3 is 2.32 bits per heavy atom. The lowest BCUT2D eigenvalue weighted by Gasteiger charge is -2.43. The molecule has 1 aliphatic rings. The fourth-order valence-electron chi connectivity index (χ4n) is 3.23. The van der Waals surface area contributed by atoms with Gasteiger partial charge in [-0.2, -0.15) is 0 Å². The number of hydrogen-bond acceptors (Lipinski definition) is 3. The van der Waals surface area contributed by atoms with Gasteiger partial charge in [-0.15, -0.1) is 0 Å². The van der Waals surface area contributed by atoms with Crippen molar-refractivity contribution in [2.45, 2.75) is 37.3 Å². The molecule has 5 heteroatoms. The molecule has 1 aromatic rings. The molecule has 0 radical (unpaired) electrons. The zero-order chi connectivity index (χ0) is 14.0. The van der Waals surface area contributed by atoms with Crippen molar-refractivity contribution in [2.75, 3.05) is 14.1 Å². The van der Waals surface area contributed by atoms with Crippen LogP contribution in [0, 0.1) is 0 Å². The Morgan fingerprint density at radius 1 is 1.21 bits per heavy atom. The fourth-order valence-corrected chi connectivity index (χ4v) is 3.54. The number of hydrazine groups is 1.